The first-order chi connectivity index (χ1) is 46.9. The van der Waals surface area contributed by atoms with Crippen molar-refractivity contribution < 1.29 is 197 Å². The minimum Gasteiger partial charge on any atom is -0.394 e. The van der Waals surface area contributed by atoms with Crippen LogP contribution in [0.1, 0.15) is 0 Å². The first-order valence-corrected chi connectivity index (χ1v) is 31.8. The quantitative estimate of drug-likeness (QED) is 0.0982. The predicted molar refractivity (Wildman–Crippen MR) is 300 cm³/mol. The van der Waals surface area contributed by atoms with Crippen molar-refractivity contribution in [2.75, 3.05) is 39.6 Å². The van der Waals surface area contributed by atoms with Gasteiger partial charge in [-0.15, -0.1) is 0 Å². The highest BCUT2D eigenvalue weighted by atomic mass is 16.8. The van der Waals surface area contributed by atoms with E-state index in [2.05, 4.69) is 0 Å². The molecule has 2 aromatic rings. The van der Waals surface area contributed by atoms with Crippen LogP contribution in [-0.2, 0) is 88.9 Å². The first kappa shape index (κ1) is 75.9. The molecule has 0 aromatic carbocycles. The van der Waals surface area contributed by atoms with Crippen LogP contribution in [0.4, 0.5) is 0 Å². The van der Waals surface area contributed by atoms with Crippen molar-refractivity contribution >= 4 is 0 Å². The van der Waals surface area contributed by atoms with Crippen molar-refractivity contribution in [1.82, 2.24) is 0 Å². The van der Waals surface area contributed by atoms with Gasteiger partial charge in [-0.3, -0.25) is 0 Å². The average Bonchev–Trinajstić information content (AvgIpc) is 0.779. The van der Waals surface area contributed by atoms with E-state index >= 15 is 0 Å². The number of rotatable bonds is 10. The molecule has 40 atom stereocenters. The summed E-state index contributed by atoms with van der Waals surface area (Å²) in [6.45, 7) is -6.85. The topological polar surface area (TPSA) is 601 Å². The van der Waals surface area contributed by atoms with E-state index in [9.17, 15) is 112 Å². The maximum atomic E-state index is 12.1. The van der Waals surface area contributed by atoms with Gasteiger partial charge in [-0.2, -0.15) is 0 Å². The van der Waals surface area contributed by atoms with E-state index < -0.39 is 285 Å². The molecule has 0 saturated carbocycles. The van der Waals surface area contributed by atoms with Gasteiger partial charge in [0.25, 0.3) is 0 Å². The molecule has 0 aliphatic carbocycles. The highest BCUT2D eigenvalue weighted by molar-refractivity contribution is 5.03. The van der Waals surface area contributed by atoms with Crippen LogP contribution < -0.4 is 9.13 Å². The Balaban J connectivity index is 0.889. The van der Waals surface area contributed by atoms with Gasteiger partial charge in [-0.05, 0) is 0 Å². The van der Waals surface area contributed by atoms with E-state index in [1.807, 2.05) is 0 Å². The summed E-state index contributed by atoms with van der Waals surface area (Å²) < 4.78 is 97.9. The second-order valence-electron chi connectivity index (χ2n) is 25.2. The second-order valence-corrected chi connectivity index (χ2v) is 25.2. The van der Waals surface area contributed by atoms with Crippen LogP contribution in [0.5, 0.6) is 0 Å². The Labute approximate surface area is 555 Å². The Morgan fingerprint density at radius 2 is 0.327 bits per heavy atom. The fourth-order valence-corrected chi connectivity index (χ4v) is 13.4. The van der Waals surface area contributed by atoms with Crippen LogP contribution in [0.15, 0.2) is 61.2 Å². The van der Waals surface area contributed by atoms with Crippen molar-refractivity contribution in [2.24, 2.45) is 0 Å². The molecule has 0 radical (unpaired) electrons. The molecule has 2 aromatic heterocycles. The Morgan fingerprint density at radius 1 is 0.184 bits per heavy atom. The Morgan fingerprint density at radius 3 is 0.480 bits per heavy atom. The van der Waals surface area contributed by atoms with Crippen LogP contribution in [0.25, 0.3) is 0 Å². The molecule has 30 aliphatic heterocycles. The van der Waals surface area contributed by atoms with Crippen LogP contribution >= 0.6 is 0 Å². The Bertz CT molecular complexity index is 2720. The zero-order valence-electron chi connectivity index (χ0n) is 51.8. The molecule has 32 heterocycles. The number of ether oxygens (including phenoxy) is 16. The smallest absolute Gasteiger partial charge is 0.187 e. The lowest BCUT2D eigenvalue weighted by atomic mass is 9.94. The molecule has 0 amide bonds. The molecule has 30 aliphatic rings. The summed E-state index contributed by atoms with van der Waals surface area (Å²) in [4.78, 5) is 0. The summed E-state index contributed by atoms with van der Waals surface area (Å²) in [5.41, 5.74) is 0. The maximum absolute atomic E-state index is 12.1. The number of aromatic nitrogens is 2. The van der Waals surface area contributed by atoms with Gasteiger partial charge in [0.1, 0.15) is 195 Å². The molecule has 40 nitrogen and oxygen atoms in total. The van der Waals surface area contributed by atoms with E-state index in [-0.39, 0.29) is 13.1 Å². The van der Waals surface area contributed by atoms with Crippen molar-refractivity contribution in [3.05, 3.63) is 61.2 Å². The number of aliphatic hydroxyl groups is 22. The van der Waals surface area contributed by atoms with Crippen molar-refractivity contribution in [3.8, 4) is 0 Å². The average molecular weight is 1420 g/mol. The molecule has 30 saturated heterocycles. The third-order valence-electron chi connectivity index (χ3n) is 18.9. The SMILES string of the molecule is OC[C@H]1O[C@@H]2O[C@H]3[C@H](O)[C@@H](O)[C@@H](O[C@H]4[C@H](O)[C@@H](O)[C@@H](O[C@H]5[C@H](O)[C@@H](O)[C@@H](O[C@H]6[C@H](O)[C@@H](O)[C@@H](O[C@H]7[C@H](O)[C@@H](O)[C@@H](O[C@H]8[C@H](O)[C@@H](O)[C@@H](O[C@H]9[C@H](O)[C@@H](O)[C@@H](O[C@H]1[C@H](O)[C@H]2O)O[C@@H]9CO)O[C@@H]8CO)O[C@@H]7CO)O[C@@H]6C[n+]1ccccc1)O[C@@H]5C[n+]1ccccc1)O[C@@H]4CO)O[C@@H]3CO. The van der Waals surface area contributed by atoms with E-state index in [0.717, 1.165) is 0 Å². The number of hydrogen-bond donors (Lipinski definition) is 22. The minimum atomic E-state index is -2.24. The standard InChI is InChI=1S/C58H88N2O38/c61-13-21-45-30(70)38(78)54(86-21)95-47-23(15-63)88-56(40(80)32(47)72)97-49-25(17-65)90-58(42(82)34(49)74)98-50-26(18-66)89-57(41(81)33(50)73)96-48-24(16-64)87-55(39(79)31(48)71)94-46-22(14-62)85-53(37(77)29(46)69)92-44-20(12-60-9-5-2-6-10-60)83-51(35(75)27(44)67)91-43-19(11-59-7-3-1-4-8-59)84-52(93-45)36(76)28(43)68/h1-10,19-58,61-82H,11-18H2/q+2/t19-,20-,21-,22-,23-,24-,25-,26-,27-,28-,29-,30-,31-,32-,33-,34-,35-,36-,37-,38-,39-,40-,41-,42-,43-,44-,45-,46-,47-,48-,49-,50-,51-,52-,53-,54-,55-,56-,57-,58-/m1/s1. The van der Waals surface area contributed by atoms with Gasteiger partial charge in [0.15, 0.2) is 88.2 Å². The van der Waals surface area contributed by atoms with Crippen molar-refractivity contribution in [3.63, 3.8) is 0 Å². The van der Waals surface area contributed by atoms with E-state index in [1.54, 1.807) is 70.3 Å². The van der Waals surface area contributed by atoms with Gasteiger partial charge in [0, 0.05) is 24.3 Å². The van der Waals surface area contributed by atoms with Crippen molar-refractivity contribution in [2.45, 2.75) is 259 Å². The van der Waals surface area contributed by atoms with E-state index in [1.165, 1.54) is 0 Å². The summed E-state index contributed by atoms with van der Waals surface area (Å²) in [6.07, 6.45) is -73.5. The van der Waals surface area contributed by atoms with Crippen LogP contribution in [0.3, 0.4) is 0 Å². The van der Waals surface area contributed by atoms with Gasteiger partial charge < -0.3 is 188 Å². The third-order valence-corrected chi connectivity index (χ3v) is 18.9. The highest BCUT2D eigenvalue weighted by Gasteiger charge is 2.61. The lowest BCUT2D eigenvalue weighted by Crippen LogP contribution is -2.69. The minimum absolute atomic E-state index is 0.246. The molecule has 98 heavy (non-hydrogen) atoms. The molecule has 0 unspecified atom stereocenters. The highest BCUT2D eigenvalue weighted by Crippen LogP contribution is 2.40. The molecule has 32 rings (SSSR count). The van der Waals surface area contributed by atoms with Gasteiger partial charge in [-0.1, -0.05) is 12.1 Å². The molecule has 0 spiro atoms. The molecular weight excluding hydrogens is 1330 g/mol. The van der Waals surface area contributed by atoms with Gasteiger partial charge >= 0.3 is 0 Å². The lowest BCUT2D eigenvalue weighted by Gasteiger charge is -2.50. The summed E-state index contributed by atoms with van der Waals surface area (Å²) in [7, 11) is 0. The summed E-state index contributed by atoms with van der Waals surface area (Å²) in [5, 5.41) is 250. The summed E-state index contributed by atoms with van der Waals surface area (Å²) in [6, 6.07) is 9.88. The molecular formula is C58H88N2O38+2. The van der Waals surface area contributed by atoms with E-state index in [4.69, 9.17) is 75.8 Å². The lowest BCUT2D eigenvalue weighted by molar-refractivity contribution is -0.709. The number of aliphatic hydroxyl groups excluding tert-OH is 22. The largest absolute Gasteiger partial charge is 0.394 e. The normalized spacial score (nSPS) is 50.8. The molecule has 16 bridgehead atoms. The summed E-state index contributed by atoms with van der Waals surface area (Å²) in [5.74, 6) is 0. The first-order valence-electron chi connectivity index (χ1n) is 31.8. The summed E-state index contributed by atoms with van der Waals surface area (Å²) >= 11 is 0. The Kier molecular flexibility index (Phi) is 25.4. The van der Waals surface area contributed by atoms with Crippen LogP contribution in [0.2, 0.25) is 0 Å². The zero-order chi connectivity index (χ0) is 70.3. The monoisotopic (exact) mass is 1420 g/mol. The second kappa shape index (κ2) is 32.8. The molecule has 30 fully saturated rings. The Hall–Kier alpha value is -3.22. The predicted octanol–water partition coefficient (Wildman–Crippen LogP) is -15.4. The van der Waals surface area contributed by atoms with Gasteiger partial charge in [-0.25, -0.2) is 9.13 Å². The van der Waals surface area contributed by atoms with Crippen LogP contribution in [0, 0.1) is 0 Å². The van der Waals surface area contributed by atoms with Gasteiger partial charge in [0.2, 0.25) is 0 Å². The fraction of sp³-hybridized carbons (Fsp3) is 0.828. The van der Waals surface area contributed by atoms with Gasteiger partial charge in [0.05, 0.1) is 39.6 Å². The third kappa shape index (κ3) is 15.5. The van der Waals surface area contributed by atoms with Crippen LogP contribution in [-0.4, -0.2) is 398 Å². The maximum Gasteiger partial charge on any atom is 0.187 e. The number of nitrogens with zero attached hydrogens (tertiary/aromatic N) is 2. The van der Waals surface area contributed by atoms with Crippen molar-refractivity contribution in [1.29, 1.82) is 0 Å². The molecule has 40 heteroatoms. The molecule has 556 valence electrons. The zero-order valence-corrected chi connectivity index (χ0v) is 51.8. The number of pyridine rings is 2. The van der Waals surface area contributed by atoms with E-state index in [0.29, 0.717) is 0 Å². The number of hydrogen-bond acceptors (Lipinski definition) is 38. The fourth-order valence-electron chi connectivity index (χ4n) is 13.4. The molecule has 22 N–H and O–H groups in total.